The van der Waals surface area contributed by atoms with Gasteiger partial charge in [-0.2, -0.15) is 0 Å². The monoisotopic (exact) mass is 447 g/mol. The predicted molar refractivity (Wildman–Crippen MR) is 127 cm³/mol. The van der Waals surface area contributed by atoms with E-state index in [9.17, 15) is 4.79 Å². The standard InChI is InChI=1S/C25H29N5O3/c1-29(2)25-27-16-18(22-20(32-3)9-7-10-21(22)33-4)23(28-25)17-11-14-30(15-12-17)24(31)19-8-5-6-13-26-19/h5-10,13,16-17H,11-12,14-15H2,1-4H3. The van der Waals surface area contributed by atoms with E-state index in [-0.39, 0.29) is 11.8 Å². The summed E-state index contributed by atoms with van der Waals surface area (Å²) in [4.78, 5) is 30.3. The number of carbonyl (C=O) groups is 1. The Kier molecular flexibility index (Phi) is 6.72. The third-order valence-electron chi connectivity index (χ3n) is 5.96. The maximum atomic E-state index is 12.8. The van der Waals surface area contributed by atoms with Crippen LogP contribution < -0.4 is 14.4 Å². The van der Waals surface area contributed by atoms with E-state index in [0.717, 1.165) is 29.7 Å². The number of anilines is 1. The summed E-state index contributed by atoms with van der Waals surface area (Å²) < 4.78 is 11.3. The Morgan fingerprint density at radius 2 is 1.70 bits per heavy atom. The topological polar surface area (TPSA) is 80.7 Å². The van der Waals surface area contributed by atoms with Gasteiger partial charge in [0.2, 0.25) is 5.95 Å². The molecule has 2 aromatic heterocycles. The van der Waals surface area contributed by atoms with Crippen LogP contribution in [0.1, 0.15) is 34.9 Å². The second-order valence-corrected chi connectivity index (χ2v) is 8.18. The van der Waals surface area contributed by atoms with E-state index in [1.807, 2.05) is 60.4 Å². The Morgan fingerprint density at radius 1 is 1.00 bits per heavy atom. The van der Waals surface area contributed by atoms with Crippen LogP contribution in [-0.4, -0.2) is 67.2 Å². The molecule has 0 atom stereocenters. The van der Waals surface area contributed by atoms with Gasteiger partial charge < -0.3 is 19.3 Å². The van der Waals surface area contributed by atoms with Crippen LogP contribution in [-0.2, 0) is 0 Å². The van der Waals surface area contributed by atoms with E-state index in [2.05, 4.69) is 9.97 Å². The first-order valence-corrected chi connectivity index (χ1v) is 11.0. The van der Waals surface area contributed by atoms with E-state index in [1.54, 1.807) is 26.5 Å². The van der Waals surface area contributed by atoms with Gasteiger partial charge in [0, 0.05) is 51.1 Å². The minimum atomic E-state index is -0.0302. The van der Waals surface area contributed by atoms with Crippen LogP contribution >= 0.6 is 0 Å². The first-order chi connectivity index (χ1) is 16.0. The number of carbonyl (C=O) groups excluding carboxylic acids is 1. The lowest BCUT2D eigenvalue weighted by atomic mass is 9.88. The number of amides is 1. The average molecular weight is 448 g/mol. The van der Waals surface area contributed by atoms with Crippen LogP contribution in [0.3, 0.4) is 0 Å². The zero-order chi connectivity index (χ0) is 23.4. The number of likely N-dealkylation sites (tertiary alicyclic amines) is 1. The smallest absolute Gasteiger partial charge is 0.272 e. The molecule has 0 aliphatic carbocycles. The minimum Gasteiger partial charge on any atom is -0.496 e. The van der Waals surface area contributed by atoms with Gasteiger partial charge in [-0.25, -0.2) is 9.97 Å². The number of nitrogens with zero attached hydrogens (tertiary/aromatic N) is 5. The Bertz CT molecular complexity index is 1090. The lowest BCUT2D eigenvalue weighted by molar-refractivity contribution is 0.0706. The van der Waals surface area contributed by atoms with Crippen LogP contribution in [0.25, 0.3) is 11.1 Å². The predicted octanol–water partition coefficient (Wildman–Crippen LogP) is 3.64. The SMILES string of the molecule is COc1cccc(OC)c1-c1cnc(N(C)C)nc1C1CCN(C(=O)c2ccccn2)CC1. The quantitative estimate of drug-likeness (QED) is 0.571. The average Bonchev–Trinajstić information content (AvgIpc) is 2.88. The van der Waals surface area contributed by atoms with Crippen molar-refractivity contribution >= 4 is 11.9 Å². The number of hydrogen-bond donors (Lipinski definition) is 0. The molecule has 0 N–H and O–H groups in total. The molecule has 1 amide bonds. The molecule has 33 heavy (non-hydrogen) atoms. The van der Waals surface area contributed by atoms with Crippen molar-refractivity contribution in [3.05, 3.63) is 60.2 Å². The zero-order valence-electron chi connectivity index (χ0n) is 19.5. The highest BCUT2D eigenvalue weighted by molar-refractivity contribution is 5.92. The number of aromatic nitrogens is 3. The summed E-state index contributed by atoms with van der Waals surface area (Å²) in [5, 5.41) is 0. The molecule has 0 radical (unpaired) electrons. The molecule has 1 aliphatic heterocycles. The van der Waals surface area contributed by atoms with Crippen molar-refractivity contribution in [3.8, 4) is 22.6 Å². The number of benzene rings is 1. The molecule has 8 heteroatoms. The Labute approximate surface area is 194 Å². The van der Waals surface area contributed by atoms with Crippen molar-refractivity contribution in [2.75, 3.05) is 46.3 Å². The van der Waals surface area contributed by atoms with Crippen molar-refractivity contribution in [3.63, 3.8) is 0 Å². The van der Waals surface area contributed by atoms with Crippen LogP contribution in [0.4, 0.5) is 5.95 Å². The number of hydrogen-bond acceptors (Lipinski definition) is 7. The molecule has 3 heterocycles. The highest BCUT2D eigenvalue weighted by Crippen LogP contribution is 2.43. The molecule has 1 fully saturated rings. The summed E-state index contributed by atoms with van der Waals surface area (Å²) in [6.45, 7) is 1.29. The van der Waals surface area contributed by atoms with E-state index in [4.69, 9.17) is 14.5 Å². The first-order valence-electron chi connectivity index (χ1n) is 11.0. The zero-order valence-corrected chi connectivity index (χ0v) is 19.5. The Hall–Kier alpha value is -3.68. The summed E-state index contributed by atoms with van der Waals surface area (Å²) in [7, 11) is 7.15. The van der Waals surface area contributed by atoms with Crippen molar-refractivity contribution < 1.29 is 14.3 Å². The third-order valence-corrected chi connectivity index (χ3v) is 5.96. The lowest BCUT2D eigenvalue weighted by Gasteiger charge is -2.32. The minimum absolute atomic E-state index is 0.0302. The van der Waals surface area contributed by atoms with Gasteiger partial charge in [0.15, 0.2) is 0 Å². The molecular formula is C25H29N5O3. The Morgan fingerprint density at radius 3 is 2.27 bits per heavy atom. The van der Waals surface area contributed by atoms with E-state index < -0.39 is 0 Å². The molecule has 0 bridgehead atoms. The largest absolute Gasteiger partial charge is 0.496 e. The fraction of sp³-hybridized carbons (Fsp3) is 0.360. The maximum Gasteiger partial charge on any atom is 0.272 e. The molecule has 1 aromatic carbocycles. The highest BCUT2D eigenvalue weighted by Gasteiger charge is 2.29. The highest BCUT2D eigenvalue weighted by atomic mass is 16.5. The normalized spacial score (nSPS) is 14.1. The van der Waals surface area contributed by atoms with Gasteiger partial charge in [0.1, 0.15) is 17.2 Å². The number of rotatable bonds is 6. The van der Waals surface area contributed by atoms with Crippen molar-refractivity contribution in [1.29, 1.82) is 0 Å². The third kappa shape index (κ3) is 4.60. The molecule has 3 aromatic rings. The summed E-state index contributed by atoms with van der Waals surface area (Å²) in [5.74, 6) is 2.20. The maximum absolute atomic E-state index is 12.8. The molecular weight excluding hydrogens is 418 g/mol. The fourth-order valence-electron chi connectivity index (χ4n) is 4.23. The fourth-order valence-corrected chi connectivity index (χ4v) is 4.23. The van der Waals surface area contributed by atoms with Crippen LogP contribution in [0, 0.1) is 0 Å². The van der Waals surface area contributed by atoms with Gasteiger partial charge in [-0.15, -0.1) is 0 Å². The van der Waals surface area contributed by atoms with E-state index in [0.29, 0.717) is 36.2 Å². The Balaban J connectivity index is 1.67. The van der Waals surface area contributed by atoms with Crippen LogP contribution in [0.15, 0.2) is 48.8 Å². The summed E-state index contributed by atoms with van der Waals surface area (Å²) in [6, 6.07) is 11.1. The van der Waals surface area contributed by atoms with Crippen molar-refractivity contribution in [1.82, 2.24) is 19.9 Å². The molecule has 4 rings (SSSR count). The number of pyridine rings is 1. The molecule has 8 nitrogen and oxygen atoms in total. The second-order valence-electron chi connectivity index (χ2n) is 8.18. The van der Waals surface area contributed by atoms with Crippen molar-refractivity contribution in [2.45, 2.75) is 18.8 Å². The van der Waals surface area contributed by atoms with Gasteiger partial charge in [-0.3, -0.25) is 9.78 Å². The van der Waals surface area contributed by atoms with Gasteiger partial charge in [-0.1, -0.05) is 12.1 Å². The van der Waals surface area contributed by atoms with E-state index >= 15 is 0 Å². The van der Waals surface area contributed by atoms with Gasteiger partial charge in [-0.05, 0) is 37.1 Å². The van der Waals surface area contributed by atoms with E-state index in [1.165, 1.54) is 0 Å². The van der Waals surface area contributed by atoms with Crippen LogP contribution in [0.2, 0.25) is 0 Å². The molecule has 172 valence electrons. The first kappa shape index (κ1) is 22.5. The molecule has 0 unspecified atom stereocenters. The van der Waals surface area contributed by atoms with Gasteiger partial charge >= 0.3 is 0 Å². The molecule has 1 saturated heterocycles. The number of piperidine rings is 1. The van der Waals surface area contributed by atoms with Gasteiger partial charge in [0.05, 0.1) is 25.5 Å². The molecule has 0 spiro atoms. The van der Waals surface area contributed by atoms with Crippen LogP contribution in [0.5, 0.6) is 11.5 Å². The molecule has 0 saturated carbocycles. The lowest BCUT2D eigenvalue weighted by Crippen LogP contribution is -2.38. The number of ether oxygens (including phenoxy) is 2. The van der Waals surface area contributed by atoms with Crippen molar-refractivity contribution in [2.24, 2.45) is 0 Å². The second kappa shape index (κ2) is 9.85. The summed E-state index contributed by atoms with van der Waals surface area (Å²) in [5.41, 5.74) is 3.16. The number of methoxy groups -OCH3 is 2. The van der Waals surface area contributed by atoms with Gasteiger partial charge in [0.25, 0.3) is 5.91 Å². The summed E-state index contributed by atoms with van der Waals surface area (Å²) >= 11 is 0. The molecule has 1 aliphatic rings. The summed E-state index contributed by atoms with van der Waals surface area (Å²) in [6.07, 6.45) is 5.10.